The van der Waals surface area contributed by atoms with Gasteiger partial charge in [0.1, 0.15) is 0 Å². The van der Waals surface area contributed by atoms with Crippen molar-refractivity contribution in [2.75, 3.05) is 74.6 Å². The molecule has 0 radical (unpaired) electrons. The molecule has 0 spiro atoms. The van der Waals surface area contributed by atoms with E-state index in [1.165, 1.54) is 5.69 Å². The van der Waals surface area contributed by atoms with Gasteiger partial charge in [-0.2, -0.15) is 9.97 Å². The van der Waals surface area contributed by atoms with Crippen LogP contribution in [0.5, 0.6) is 0 Å². The van der Waals surface area contributed by atoms with E-state index >= 15 is 0 Å². The third-order valence-corrected chi connectivity index (χ3v) is 7.81. The average Bonchev–Trinajstić information content (AvgIpc) is 3.70. The highest BCUT2D eigenvalue weighted by Gasteiger charge is 2.22. The summed E-state index contributed by atoms with van der Waals surface area (Å²) in [4.78, 5) is 44.4. The monoisotopic (exact) mass is 547 g/mol. The van der Waals surface area contributed by atoms with Crippen LogP contribution >= 0.6 is 0 Å². The number of benzene rings is 1. The van der Waals surface area contributed by atoms with Gasteiger partial charge in [-0.15, -0.1) is 0 Å². The number of carbonyl (C=O) groups excluding carboxylic acids is 2. The van der Waals surface area contributed by atoms with Crippen molar-refractivity contribution in [2.24, 2.45) is 0 Å². The van der Waals surface area contributed by atoms with Crippen LogP contribution in [0, 0.1) is 0 Å². The quantitative estimate of drug-likeness (QED) is 0.349. The SMILES string of the molecule is O=C1CCCN1CCCNc1nc(Nc2ccc(N3CCOCC3)cc2)nc2c1ncn2CCN1CCCC1=O. The molecule has 3 aromatic rings. The first-order valence-electron chi connectivity index (χ1n) is 14.4. The van der Waals surface area contributed by atoms with Crippen molar-refractivity contribution < 1.29 is 14.3 Å². The van der Waals surface area contributed by atoms with E-state index in [0.29, 0.717) is 55.4 Å². The third-order valence-electron chi connectivity index (χ3n) is 7.81. The minimum atomic E-state index is 0.209. The lowest BCUT2D eigenvalue weighted by Gasteiger charge is -2.28. The standard InChI is InChI=1S/C28H37N9O3/c38-23-4-1-11-35(23)13-3-10-29-26-25-27(37(20-30-25)15-14-36-12-2-5-24(36)39)33-28(32-26)31-21-6-8-22(9-7-21)34-16-18-40-19-17-34/h6-9,20H,1-5,10-19H2,(H2,29,31,32,33). The van der Waals surface area contributed by atoms with Crippen LogP contribution in [-0.2, 0) is 20.9 Å². The van der Waals surface area contributed by atoms with Crippen molar-refractivity contribution in [3.63, 3.8) is 0 Å². The first-order chi connectivity index (χ1) is 19.6. The van der Waals surface area contributed by atoms with Gasteiger partial charge in [-0.05, 0) is 43.5 Å². The van der Waals surface area contributed by atoms with Gasteiger partial charge in [-0.3, -0.25) is 9.59 Å². The van der Waals surface area contributed by atoms with E-state index in [4.69, 9.17) is 14.7 Å². The lowest BCUT2D eigenvalue weighted by molar-refractivity contribution is -0.128. The summed E-state index contributed by atoms with van der Waals surface area (Å²) in [6.45, 7) is 7.57. The molecule has 40 heavy (non-hydrogen) atoms. The largest absolute Gasteiger partial charge is 0.378 e. The normalized spacial score (nSPS) is 17.9. The maximum absolute atomic E-state index is 12.1. The second-order valence-electron chi connectivity index (χ2n) is 10.5. The fourth-order valence-corrected chi connectivity index (χ4v) is 5.58. The average molecular weight is 548 g/mol. The van der Waals surface area contributed by atoms with Crippen LogP contribution in [-0.4, -0.2) is 100 Å². The Morgan fingerprint density at radius 2 is 1.57 bits per heavy atom. The molecule has 2 amide bonds. The van der Waals surface area contributed by atoms with E-state index in [9.17, 15) is 9.59 Å². The van der Waals surface area contributed by atoms with Crippen LogP contribution < -0.4 is 15.5 Å². The van der Waals surface area contributed by atoms with Gasteiger partial charge in [0.2, 0.25) is 17.8 Å². The Kier molecular flexibility index (Phi) is 7.94. The van der Waals surface area contributed by atoms with Crippen molar-refractivity contribution in [2.45, 2.75) is 38.6 Å². The fraction of sp³-hybridized carbons (Fsp3) is 0.536. The molecule has 12 heteroatoms. The lowest BCUT2D eigenvalue weighted by atomic mass is 10.2. The number of carbonyl (C=O) groups is 2. The predicted octanol–water partition coefficient (Wildman–Crippen LogP) is 2.45. The van der Waals surface area contributed by atoms with Gasteiger partial charge in [0.05, 0.1) is 19.5 Å². The molecule has 1 aromatic carbocycles. The second kappa shape index (κ2) is 12.1. The Hall–Kier alpha value is -3.93. The Morgan fingerprint density at radius 1 is 0.850 bits per heavy atom. The predicted molar refractivity (Wildman–Crippen MR) is 153 cm³/mol. The van der Waals surface area contributed by atoms with Crippen LogP contribution in [0.3, 0.4) is 0 Å². The summed E-state index contributed by atoms with van der Waals surface area (Å²) in [5.74, 6) is 1.58. The highest BCUT2D eigenvalue weighted by Crippen LogP contribution is 2.25. The molecule has 0 bridgehead atoms. The number of morpholine rings is 1. The smallest absolute Gasteiger partial charge is 0.231 e. The first-order valence-corrected chi connectivity index (χ1v) is 14.4. The molecule has 3 aliphatic rings. The second-order valence-corrected chi connectivity index (χ2v) is 10.5. The molecule has 2 N–H and O–H groups in total. The van der Waals surface area contributed by atoms with Gasteiger partial charge in [0.25, 0.3) is 0 Å². The number of hydrogen-bond acceptors (Lipinski definition) is 9. The lowest BCUT2D eigenvalue weighted by Crippen LogP contribution is -2.36. The molecule has 0 aliphatic carbocycles. The number of nitrogens with zero attached hydrogens (tertiary/aromatic N) is 7. The molecule has 0 saturated carbocycles. The first kappa shape index (κ1) is 26.3. The van der Waals surface area contributed by atoms with Gasteiger partial charge in [0, 0.05) is 76.6 Å². The topological polar surface area (TPSA) is 121 Å². The number of nitrogens with one attached hydrogen (secondary N) is 2. The molecule has 3 saturated heterocycles. The fourth-order valence-electron chi connectivity index (χ4n) is 5.58. The molecule has 2 aromatic heterocycles. The van der Waals surface area contributed by atoms with Crippen molar-refractivity contribution in [1.29, 1.82) is 0 Å². The molecular formula is C28H37N9O3. The third kappa shape index (κ3) is 5.96. The van der Waals surface area contributed by atoms with E-state index in [-0.39, 0.29) is 11.8 Å². The van der Waals surface area contributed by atoms with E-state index in [1.54, 1.807) is 6.33 Å². The summed E-state index contributed by atoms with van der Waals surface area (Å²) in [5.41, 5.74) is 3.46. The van der Waals surface area contributed by atoms with Crippen LogP contribution in [0.1, 0.15) is 32.1 Å². The summed E-state index contributed by atoms with van der Waals surface area (Å²) < 4.78 is 7.46. The number of likely N-dealkylation sites (tertiary alicyclic amines) is 2. The summed E-state index contributed by atoms with van der Waals surface area (Å²) in [6.07, 6.45) is 5.74. The number of fused-ring (bicyclic) bond motifs is 1. The van der Waals surface area contributed by atoms with Gasteiger partial charge in [-0.1, -0.05) is 0 Å². The number of ether oxygens (including phenoxy) is 1. The van der Waals surface area contributed by atoms with Crippen molar-refractivity contribution in [1.82, 2.24) is 29.3 Å². The van der Waals surface area contributed by atoms with Crippen LogP contribution in [0.15, 0.2) is 30.6 Å². The summed E-state index contributed by atoms with van der Waals surface area (Å²) >= 11 is 0. The van der Waals surface area contributed by atoms with Crippen molar-refractivity contribution in [3.8, 4) is 0 Å². The molecule has 12 nitrogen and oxygen atoms in total. The Labute approximate surface area is 233 Å². The highest BCUT2D eigenvalue weighted by atomic mass is 16.5. The van der Waals surface area contributed by atoms with Crippen molar-refractivity contribution >= 4 is 46.1 Å². The number of rotatable bonds is 11. The zero-order valence-electron chi connectivity index (χ0n) is 22.8. The molecule has 0 unspecified atom stereocenters. The van der Waals surface area contributed by atoms with Crippen molar-refractivity contribution in [3.05, 3.63) is 30.6 Å². The van der Waals surface area contributed by atoms with Gasteiger partial charge >= 0.3 is 0 Å². The Balaban J connectivity index is 1.19. The zero-order chi connectivity index (χ0) is 27.3. The van der Waals surface area contributed by atoms with Crippen LogP contribution in [0.25, 0.3) is 11.2 Å². The maximum atomic E-state index is 12.1. The minimum absolute atomic E-state index is 0.209. The van der Waals surface area contributed by atoms with E-state index in [0.717, 1.165) is 70.9 Å². The number of amides is 2. The van der Waals surface area contributed by atoms with E-state index < -0.39 is 0 Å². The molecule has 212 valence electrons. The molecule has 3 fully saturated rings. The number of anilines is 4. The Morgan fingerprint density at radius 3 is 2.27 bits per heavy atom. The van der Waals surface area contributed by atoms with E-state index in [1.807, 2.05) is 26.5 Å². The molecule has 3 aliphatic heterocycles. The number of imidazole rings is 1. The highest BCUT2D eigenvalue weighted by molar-refractivity contribution is 5.85. The summed E-state index contributed by atoms with van der Waals surface area (Å²) in [7, 11) is 0. The zero-order valence-corrected chi connectivity index (χ0v) is 22.8. The summed E-state index contributed by atoms with van der Waals surface area (Å²) in [5, 5.41) is 6.80. The minimum Gasteiger partial charge on any atom is -0.378 e. The van der Waals surface area contributed by atoms with Gasteiger partial charge < -0.3 is 34.6 Å². The van der Waals surface area contributed by atoms with Gasteiger partial charge in [0.15, 0.2) is 17.0 Å². The molecule has 0 atom stereocenters. The van der Waals surface area contributed by atoms with E-state index in [2.05, 4.69) is 32.7 Å². The number of aromatic nitrogens is 4. The summed E-state index contributed by atoms with van der Waals surface area (Å²) in [6, 6.07) is 8.27. The maximum Gasteiger partial charge on any atom is 0.231 e. The number of hydrogen-bond donors (Lipinski definition) is 2. The molecule has 6 rings (SSSR count). The van der Waals surface area contributed by atoms with Gasteiger partial charge in [-0.25, -0.2) is 4.98 Å². The van der Waals surface area contributed by atoms with Crippen LogP contribution in [0.2, 0.25) is 0 Å². The molecular weight excluding hydrogens is 510 g/mol. The Bertz CT molecular complexity index is 1340. The molecule has 5 heterocycles. The van der Waals surface area contributed by atoms with Crippen LogP contribution in [0.4, 0.5) is 23.1 Å².